The second-order valence-corrected chi connectivity index (χ2v) is 8.15. The van der Waals surface area contributed by atoms with Crippen LogP contribution < -0.4 is 0 Å². The Hall–Kier alpha value is -1.62. The maximum absolute atomic E-state index is 4.11. The molecular formula is C19H17IN2. The molecule has 2 nitrogen and oxygen atoms in total. The van der Waals surface area contributed by atoms with Gasteiger partial charge in [0.25, 0.3) is 0 Å². The van der Waals surface area contributed by atoms with E-state index >= 15 is 0 Å². The van der Waals surface area contributed by atoms with Crippen molar-refractivity contribution in [3.63, 3.8) is 0 Å². The van der Waals surface area contributed by atoms with Gasteiger partial charge in [-0.3, -0.25) is 0 Å². The number of allylic oxidation sites excluding steroid dienone is 1. The summed E-state index contributed by atoms with van der Waals surface area (Å²) < 4.78 is 5.45. The molecule has 0 fully saturated rings. The number of aromatic nitrogens is 2. The Morgan fingerprint density at radius 3 is 3.09 bits per heavy atom. The van der Waals surface area contributed by atoms with Crippen molar-refractivity contribution >= 4 is 42.2 Å². The molecule has 1 aromatic carbocycles. The second kappa shape index (κ2) is 4.69. The summed E-state index contributed by atoms with van der Waals surface area (Å²) in [5, 5.41) is 1.36. The van der Waals surface area contributed by atoms with Crippen LogP contribution in [0.25, 0.3) is 17.0 Å². The van der Waals surface area contributed by atoms with Crippen LogP contribution in [0.15, 0.2) is 36.5 Å². The second-order valence-electron chi connectivity index (χ2n) is 6.23. The van der Waals surface area contributed by atoms with E-state index < -0.39 is 0 Å². The monoisotopic (exact) mass is 400 g/mol. The van der Waals surface area contributed by atoms with Gasteiger partial charge in [0, 0.05) is 34.6 Å². The van der Waals surface area contributed by atoms with Gasteiger partial charge in [0.1, 0.15) is 0 Å². The Morgan fingerprint density at radius 1 is 1.23 bits per heavy atom. The number of aromatic amines is 2. The number of hydrogen-bond acceptors (Lipinski definition) is 0. The third-order valence-electron chi connectivity index (χ3n) is 5.22. The van der Waals surface area contributed by atoms with E-state index in [4.69, 9.17) is 0 Å². The fraction of sp³-hybridized carbons (Fsp3) is 0.211. The van der Waals surface area contributed by atoms with Crippen LogP contribution in [0.1, 0.15) is 40.6 Å². The van der Waals surface area contributed by atoms with Crippen molar-refractivity contribution in [1.82, 2.24) is 9.97 Å². The highest BCUT2D eigenvalue weighted by Crippen LogP contribution is 2.48. The molecule has 2 aliphatic carbocycles. The fourth-order valence-electron chi connectivity index (χ4n) is 4.22. The van der Waals surface area contributed by atoms with Gasteiger partial charge >= 0.3 is 0 Å². The first kappa shape index (κ1) is 12.9. The summed E-state index contributed by atoms with van der Waals surface area (Å²) in [6, 6.07) is 9.12. The Balaban J connectivity index is 1.71. The Kier molecular flexibility index (Phi) is 2.74. The molecule has 2 atom stereocenters. The van der Waals surface area contributed by atoms with E-state index in [1.807, 2.05) is 0 Å². The Morgan fingerprint density at radius 2 is 2.18 bits per heavy atom. The zero-order chi connectivity index (χ0) is 14.7. The van der Waals surface area contributed by atoms with Crippen LogP contribution in [0.5, 0.6) is 0 Å². The lowest BCUT2D eigenvalue weighted by atomic mass is 9.70. The van der Waals surface area contributed by atoms with Crippen LogP contribution in [0, 0.1) is 3.70 Å². The number of nitrogens with one attached hydrogen (secondary N) is 2. The topological polar surface area (TPSA) is 31.6 Å². The first-order chi connectivity index (χ1) is 10.8. The largest absolute Gasteiger partial charge is 0.364 e. The lowest BCUT2D eigenvalue weighted by Crippen LogP contribution is -2.21. The van der Waals surface area contributed by atoms with Gasteiger partial charge < -0.3 is 9.97 Å². The van der Waals surface area contributed by atoms with Crippen molar-refractivity contribution in [1.29, 1.82) is 0 Å². The van der Waals surface area contributed by atoms with Crippen LogP contribution >= 0.6 is 20.7 Å². The zero-order valence-corrected chi connectivity index (χ0v) is 14.4. The minimum absolute atomic E-state index is 0.123. The summed E-state index contributed by atoms with van der Waals surface area (Å²) >= 11 is -0.123. The number of H-pyrrole nitrogens is 2. The van der Waals surface area contributed by atoms with Crippen molar-refractivity contribution in [3.05, 3.63) is 62.6 Å². The molecule has 0 aliphatic heterocycles. The van der Waals surface area contributed by atoms with E-state index in [-0.39, 0.29) is 20.7 Å². The SMILES string of the molecule is C=Ic1cc2ccc3c(c2[nH]1)CCC1c2[nH]ccc2C=CC31. The van der Waals surface area contributed by atoms with Crippen molar-refractivity contribution in [2.24, 2.45) is 0 Å². The summed E-state index contributed by atoms with van der Waals surface area (Å²) in [6.45, 7) is 0. The van der Waals surface area contributed by atoms with Gasteiger partial charge in [-0.25, -0.2) is 0 Å². The highest BCUT2D eigenvalue weighted by molar-refractivity contribution is 14.2. The summed E-state index contributed by atoms with van der Waals surface area (Å²) in [5.41, 5.74) is 7.20. The maximum atomic E-state index is 4.11. The molecule has 3 heteroatoms. The first-order valence-corrected chi connectivity index (χ1v) is 10.3. The number of hydrogen-bond donors (Lipinski definition) is 2. The Labute approximate surface area is 139 Å². The highest BCUT2D eigenvalue weighted by Gasteiger charge is 2.33. The van der Waals surface area contributed by atoms with Gasteiger partial charge in [0.15, 0.2) is 0 Å². The molecule has 110 valence electrons. The molecule has 2 heterocycles. The molecule has 2 aromatic heterocycles. The van der Waals surface area contributed by atoms with Gasteiger partial charge in [-0.05, 0) is 41.7 Å². The summed E-state index contributed by atoms with van der Waals surface area (Å²) in [7, 11) is 0. The van der Waals surface area contributed by atoms with Gasteiger partial charge in [-0.1, -0.05) is 49.5 Å². The van der Waals surface area contributed by atoms with Crippen molar-refractivity contribution < 1.29 is 0 Å². The van der Waals surface area contributed by atoms with Gasteiger partial charge in [0.2, 0.25) is 0 Å². The number of halogens is 1. The van der Waals surface area contributed by atoms with Crippen LogP contribution in [0.4, 0.5) is 0 Å². The lowest BCUT2D eigenvalue weighted by Gasteiger charge is -2.34. The number of rotatable bonds is 1. The smallest absolute Gasteiger partial charge is 0.0721 e. The molecule has 0 bridgehead atoms. The minimum Gasteiger partial charge on any atom is -0.364 e. The lowest BCUT2D eigenvalue weighted by molar-refractivity contribution is 0.523. The Bertz CT molecular complexity index is 928. The van der Waals surface area contributed by atoms with E-state index in [0.717, 1.165) is 6.42 Å². The highest BCUT2D eigenvalue weighted by atomic mass is 127. The molecule has 0 saturated heterocycles. The number of fused-ring (bicyclic) bond motifs is 7. The third kappa shape index (κ3) is 1.69. The van der Waals surface area contributed by atoms with Crippen LogP contribution in [0.2, 0.25) is 0 Å². The molecule has 2 aliphatic rings. The molecule has 0 radical (unpaired) electrons. The van der Waals surface area contributed by atoms with E-state index in [9.17, 15) is 0 Å². The van der Waals surface area contributed by atoms with Crippen LogP contribution in [-0.2, 0) is 6.42 Å². The third-order valence-corrected chi connectivity index (χ3v) is 6.62. The summed E-state index contributed by atoms with van der Waals surface area (Å²) in [5.74, 6) is 1.12. The van der Waals surface area contributed by atoms with E-state index in [1.54, 1.807) is 0 Å². The average Bonchev–Trinajstić information content (AvgIpc) is 3.20. The van der Waals surface area contributed by atoms with Crippen molar-refractivity contribution in [3.8, 4) is 0 Å². The normalized spacial score (nSPS) is 22.4. The molecular weight excluding hydrogens is 383 g/mol. The molecule has 2 N–H and O–H groups in total. The minimum atomic E-state index is -0.123. The van der Waals surface area contributed by atoms with Gasteiger partial charge in [-0.2, -0.15) is 0 Å². The number of aryl methyl sites for hydroxylation is 1. The summed E-state index contributed by atoms with van der Waals surface area (Å²) in [6.07, 6.45) is 9.15. The maximum Gasteiger partial charge on any atom is 0.0721 e. The quantitative estimate of drug-likeness (QED) is 0.545. The molecule has 2 unspecified atom stereocenters. The zero-order valence-electron chi connectivity index (χ0n) is 12.2. The van der Waals surface area contributed by atoms with Crippen LogP contribution in [-0.4, -0.2) is 14.5 Å². The average molecular weight is 400 g/mol. The van der Waals surface area contributed by atoms with Gasteiger partial charge in [-0.15, -0.1) is 0 Å². The standard InChI is InChI=1S/C19H17IN2/c1-20-17-10-12-3-5-14-13-4-2-11-8-9-21-18(11)15(13)6-7-16(14)19(12)22-17/h2-5,8-10,13,15,21-22H,1,6-7H2. The summed E-state index contributed by atoms with van der Waals surface area (Å²) in [4.78, 5) is 7.11. The van der Waals surface area contributed by atoms with Crippen molar-refractivity contribution in [2.45, 2.75) is 24.7 Å². The first-order valence-electron chi connectivity index (χ1n) is 7.73. The molecule has 5 rings (SSSR count). The van der Waals surface area contributed by atoms with E-state index in [1.165, 1.54) is 43.4 Å². The molecule has 22 heavy (non-hydrogen) atoms. The van der Waals surface area contributed by atoms with Crippen LogP contribution in [0.3, 0.4) is 0 Å². The predicted octanol–water partition coefficient (Wildman–Crippen LogP) is 4.91. The molecule has 0 saturated carbocycles. The molecule has 0 amide bonds. The number of benzene rings is 1. The predicted molar refractivity (Wildman–Crippen MR) is 102 cm³/mol. The van der Waals surface area contributed by atoms with E-state index in [0.29, 0.717) is 11.8 Å². The fourth-order valence-corrected chi connectivity index (χ4v) is 5.24. The van der Waals surface area contributed by atoms with E-state index in [2.05, 4.69) is 57.1 Å². The van der Waals surface area contributed by atoms with Gasteiger partial charge in [0.05, 0.1) is 3.70 Å². The van der Waals surface area contributed by atoms with Crippen molar-refractivity contribution in [2.75, 3.05) is 0 Å². The molecule has 3 aromatic rings. The molecule has 0 spiro atoms.